The van der Waals surface area contributed by atoms with Crippen molar-refractivity contribution in [1.29, 1.82) is 0 Å². The van der Waals surface area contributed by atoms with Gasteiger partial charge in [0.05, 0.1) is 34.4 Å². The normalized spacial score (nSPS) is 14.1. The highest BCUT2D eigenvalue weighted by Gasteiger charge is 2.20. The van der Waals surface area contributed by atoms with Crippen LogP contribution in [-0.4, -0.2) is 70.7 Å². The Morgan fingerprint density at radius 2 is 0.951 bits per heavy atom. The zero-order valence-corrected chi connectivity index (χ0v) is 41.2. The van der Waals surface area contributed by atoms with E-state index < -0.39 is 13.9 Å². The minimum atomic E-state index is -4.53. The minimum Gasteiger partial charge on any atom is -0.756 e. The SMILES string of the molecule is CC/C=C\C/C=C\C/C=C\C/C=C\CCCCCCCCCCCCC(=O)OC(COCCCCCCCC/C=C\CCCCCCCC)COP(=O)([O-])OCC[N+](C)(C)C. The van der Waals surface area contributed by atoms with E-state index >= 15 is 0 Å². The fourth-order valence-electron chi connectivity index (χ4n) is 6.71. The van der Waals surface area contributed by atoms with E-state index in [4.69, 9.17) is 18.5 Å². The second-order valence-electron chi connectivity index (χ2n) is 17.8. The van der Waals surface area contributed by atoms with Gasteiger partial charge >= 0.3 is 5.97 Å². The van der Waals surface area contributed by atoms with Crippen LogP contribution in [0.2, 0.25) is 0 Å². The Hall–Kier alpha value is -1.80. The number of carbonyl (C=O) groups is 1. The third-order valence-electron chi connectivity index (χ3n) is 10.6. The monoisotopic (exact) mass is 878 g/mol. The molecule has 356 valence electrons. The summed E-state index contributed by atoms with van der Waals surface area (Å²) in [5.74, 6) is -0.341. The number of rotatable bonds is 46. The summed E-state index contributed by atoms with van der Waals surface area (Å²) in [5.41, 5.74) is 0. The summed E-state index contributed by atoms with van der Waals surface area (Å²) in [7, 11) is 1.35. The molecule has 0 aromatic rings. The fraction of sp³-hybridized carbons (Fsp3) is 0.788. The van der Waals surface area contributed by atoms with Crippen molar-refractivity contribution in [1.82, 2.24) is 0 Å². The van der Waals surface area contributed by atoms with Crippen LogP contribution in [0.15, 0.2) is 60.8 Å². The van der Waals surface area contributed by atoms with Gasteiger partial charge in [0.25, 0.3) is 7.82 Å². The summed E-state index contributed by atoms with van der Waals surface area (Å²) in [4.78, 5) is 25.2. The van der Waals surface area contributed by atoms with Gasteiger partial charge < -0.3 is 27.9 Å². The van der Waals surface area contributed by atoms with Crippen molar-refractivity contribution in [3.63, 3.8) is 0 Å². The van der Waals surface area contributed by atoms with E-state index in [1.165, 1.54) is 128 Å². The second kappa shape index (κ2) is 44.8. The van der Waals surface area contributed by atoms with Crippen LogP contribution in [0.4, 0.5) is 0 Å². The van der Waals surface area contributed by atoms with Crippen LogP contribution in [-0.2, 0) is 27.9 Å². The third-order valence-corrected chi connectivity index (χ3v) is 11.5. The third kappa shape index (κ3) is 49.1. The van der Waals surface area contributed by atoms with Crippen molar-refractivity contribution in [2.24, 2.45) is 0 Å². The maximum atomic E-state index is 12.7. The Kier molecular flexibility index (Phi) is 43.5. The molecule has 0 aliphatic heterocycles. The first-order valence-corrected chi connectivity index (χ1v) is 26.5. The number of nitrogens with zero attached hydrogens (tertiary/aromatic N) is 1. The van der Waals surface area contributed by atoms with Crippen LogP contribution in [0.3, 0.4) is 0 Å². The highest BCUT2D eigenvalue weighted by atomic mass is 31.2. The average molecular weight is 878 g/mol. The molecule has 8 nitrogen and oxygen atoms in total. The number of ether oxygens (including phenoxy) is 2. The largest absolute Gasteiger partial charge is 0.756 e. The Bertz CT molecular complexity index is 1160. The molecule has 0 aliphatic carbocycles. The number of quaternary nitrogens is 1. The highest BCUT2D eigenvalue weighted by molar-refractivity contribution is 7.45. The zero-order chi connectivity index (χ0) is 44.8. The van der Waals surface area contributed by atoms with Crippen molar-refractivity contribution in [3.8, 4) is 0 Å². The quantitative estimate of drug-likeness (QED) is 0.0198. The van der Waals surface area contributed by atoms with Gasteiger partial charge in [-0.05, 0) is 77.0 Å². The van der Waals surface area contributed by atoms with Crippen LogP contribution < -0.4 is 4.89 Å². The van der Waals surface area contributed by atoms with Crippen LogP contribution in [0.5, 0.6) is 0 Å². The van der Waals surface area contributed by atoms with E-state index in [9.17, 15) is 14.3 Å². The number of unbranched alkanes of at least 4 members (excludes halogenated alkanes) is 22. The van der Waals surface area contributed by atoms with E-state index in [-0.39, 0.29) is 25.8 Å². The van der Waals surface area contributed by atoms with E-state index in [1.807, 2.05) is 21.1 Å². The predicted molar refractivity (Wildman–Crippen MR) is 259 cm³/mol. The number of phosphoric acid groups is 1. The van der Waals surface area contributed by atoms with Gasteiger partial charge in [0.2, 0.25) is 0 Å². The van der Waals surface area contributed by atoms with Crippen molar-refractivity contribution in [3.05, 3.63) is 60.8 Å². The van der Waals surface area contributed by atoms with E-state index in [0.717, 1.165) is 57.8 Å². The lowest BCUT2D eigenvalue weighted by atomic mass is 10.0. The van der Waals surface area contributed by atoms with Crippen molar-refractivity contribution < 1.29 is 37.3 Å². The molecule has 2 unspecified atom stereocenters. The number of likely N-dealkylation sites (N-methyl/N-ethyl adjacent to an activating group) is 1. The maximum Gasteiger partial charge on any atom is 0.306 e. The Morgan fingerprint density at radius 3 is 1.44 bits per heavy atom. The van der Waals surface area contributed by atoms with Gasteiger partial charge in [0.15, 0.2) is 0 Å². The van der Waals surface area contributed by atoms with Gasteiger partial charge in [-0.3, -0.25) is 9.36 Å². The van der Waals surface area contributed by atoms with Crippen molar-refractivity contribution in [2.75, 3.05) is 54.1 Å². The summed E-state index contributed by atoms with van der Waals surface area (Å²) >= 11 is 0. The molecule has 9 heteroatoms. The molecule has 0 heterocycles. The molecule has 0 bridgehead atoms. The van der Waals surface area contributed by atoms with E-state index in [0.29, 0.717) is 24.1 Å². The molecule has 0 saturated carbocycles. The molecule has 0 saturated heterocycles. The van der Waals surface area contributed by atoms with Crippen LogP contribution in [0.1, 0.15) is 206 Å². The fourth-order valence-corrected chi connectivity index (χ4v) is 7.44. The minimum absolute atomic E-state index is 0.0223. The Labute approximate surface area is 377 Å². The molecular weight excluding hydrogens is 782 g/mol. The first kappa shape index (κ1) is 59.2. The lowest BCUT2D eigenvalue weighted by Gasteiger charge is -2.28. The van der Waals surface area contributed by atoms with Crippen molar-refractivity contribution >= 4 is 13.8 Å². The molecule has 0 aliphatic rings. The van der Waals surface area contributed by atoms with Gasteiger partial charge in [-0.1, -0.05) is 184 Å². The van der Waals surface area contributed by atoms with Gasteiger partial charge in [0, 0.05) is 13.0 Å². The zero-order valence-electron chi connectivity index (χ0n) is 40.4. The second-order valence-corrected chi connectivity index (χ2v) is 19.2. The highest BCUT2D eigenvalue weighted by Crippen LogP contribution is 2.38. The van der Waals surface area contributed by atoms with E-state index in [1.54, 1.807) is 0 Å². The number of phosphoric ester groups is 1. The van der Waals surface area contributed by atoms with Crippen LogP contribution in [0.25, 0.3) is 0 Å². The molecule has 0 rings (SSSR count). The number of hydrogen-bond donors (Lipinski definition) is 0. The molecule has 0 aromatic carbocycles. The molecular formula is C52H96NO7P. The molecule has 2 atom stereocenters. The van der Waals surface area contributed by atoms with Gasteiger partial charge in [-0.15, -0.1) is 0 Å². The Balaban J connectivity index is 4.16. The van der Waals surface area contributed by atoms with Gasteiger partial charge in [-0.2, -0.15) is 0 Å². The van der Waals surface area contributed by atoms with Gasteiger partial charge in [-0.25, -0.2) is 0 Å². The first-order chi connectivity index (χ1) is 29.6. The topological polar surface area (TPSA) is 94.1 Å². The van der Waals surface area contributed by atoms with Gasteiger partial charge in [0.1, 0.15) is 19.3 Å². The molecule has 0 amide bonds. The summed E-state index contributed by atoms with van der Waals surface area (Å²) in [5, 5.41) is 0. The van der Waals surface area contributed by atoms with Crippen LogP contribution in [0, 0.1) is 0 Å². The average Bonchev–Trinajstić information content (AvgIpc) is 3.22. The number of carbonyl (C=O) groups excluding carboxylic acids is 1. The van der Waals surface area contributed by atoms with Crippen molar-refractivity contribution in [2.45, 2.75) is 213 Å². The molecule has 0 radical (unpaired) electrons. The summed E-state index contributed by atoms with van der Waals surface area (Å²) in [6.07, 6.45) is 56.7. The molecule has 61 heavy (non-hydrogen) atoms. The van der Waals surface area contributed by atoms with Crippen LogP contribution >= 0.6 is 7.82 Å². The Morgan fingerprint density at radius 1 is 0.525 bits per heavy atom. The lowest BCUT2D eigenvalue weighted by Crippen LogP contribution is -2.37. The number of hydrogen-bond acceptors (Lipinski definition) is 7. The number of esters is 1. The summed E-state index contributed by atoms with van der Waals surface area (Å²) < 4.78 is 34.7. The standard InChI is InChI=1S/C52H96NO7P/c1-6-8-10-12-14-16-18-20-22-24-25-26-27-28-29-30-31-33-35-37-39-41-43-45-52(54)60-51(50-59-61(55,56)58-48-46-53(3,4)5)49-57-47-44-42-40-38-36-34-32-23-21-19-17-15-13-11-9-7-2/h8,10,14,16,20-23,25-26,51H,6-7,9,11-13,15,17-19,24,27-50H2,1-5H3/b10-8-,16-14-,22-20-,23-21-,26-25-. The summed E-state index contributed by atoms with van der Waals surface area (Å²) in [6.45, 7) is 5.29. The molecule has 0 N–H and O–H groups in total. The predicted octanol–water partition coefficient (Wildman–Crippen LogP) is 14.6. The first-order valence-electron chi connectivity index (χ1n) is 25.0. The van der Waals surface area contributed by atoms with E-state index in [2.05, 4.69) is 74.6 Å². The smallest absolute Gasteiger partial charge is 0.306 e. The lowest BCUT2D eigenvalue weighted by molar-refractivity contribution is -0.870. The molecule has 0 spiro atoms. The molecule has 0 fully saturated rings. The number of allylic oxidation sites excluding steroid dienone is 10. The molecule has 0 aromatic heterocycles. The summed E-state index contributed by atoms with van der Waals surface area (Å²) in [6, 6.07) is 0. The maximum absolute atomic E-state index is 12.7.